The SMILES string of the molecule is O=C(O)CCCCN1CCN(CCOC(c2ccccc2)c2ccc(F)cc2)CC1. The predicted molar refractivity (Wildman–Crippen MR) is 115 cm³/mol. The number of aliphatic carboxylic acids is 1. The van der Waals surface area contributed by atoms with E-state index in [0.29, 0.717) is 6.61 Å². The Labute approximate surface area is 178 Å². The summed E-state index contributed by atoms with van der Waals surface area (Å²) >= 11 is 0. The molecule has 6 heteroatoms. The molecule has 5 nitrogen and oxygen atoms in total. The molecule has 2 aromatic carbocycles. The number of halogens is 1. The van der Waals surface area contributed by atoms with Crippen LogP contribution in [0.2, 0.25) is 0 Å². The van der Waals surface area contributed by atoms with E-state index in [-0.39, 0.29) is 18.3 Å². The third-order valence-electron chi connectivity index (χ3n) is 5.55. The zero-order valence-electron chi connectivity index (χ0n) is 17.4. The molecule has 1 atom stereocenters. The Morgan fingerprint density at radius 1 is 0.900 bits per heavy atom. The molecule has 0 aliphatic carbocycles. The number of carboxylic acids is 1. The topological polar surface area (TPSA) is 53.0 Å². The van der Waals surface area contributed by atoms with Gasteiger partial charge >= 0.3 is 5.97 Å². The lowest BCUT2D eigenvalue weighted by molar-refractivity contribution is -0.137. The van der Waals surface area contributed by atoms with E-state index in [0.717, 1.165) is 63.2 Å². The molecular formula is C24H31FN2O3. The number of hydrogen-bond acceptors (Lipinski definition) is 4. The van der Waals surface area contributed by atoms with Crippen molar-refractivity contribution in [3.8, 4) is 0 Å². The first-order chi connectivity index (χ1) is 14.6. The fourth-order valence-corrected chi connectivity index (χ4v) is 3.80. The average Bonchev–Trinajstić information content (AvgIpc) is 2.76. The fraction of sp³-hybridized carbons (Fsp3) is 0.458. The van der Waals surface area contributed by atoms with E-state index in [9.17, 15) is 9.18 Å². The van der Waals surface area contributed by atoms with Crippen molar-refractivity contribution >= 4 is 5.97 Å². The molecule has 0 bridgehead atoms. The van der Waals surface area contributed by atoms with Gasteiger partial charge in [0.25, 0.3) is 0 Å². The molecule has 0 amide bonds. The second-order valence-electron chi connectivity index (χ2n) is 7.75. The zero-order valence-corrected chi connectivity index (χ0v) is 17.4. The monoisotopic (exact) mass is 414 g/mol. The molecule has 1 saturated heterocycles. The molecule has 1 aliphatic heterocycles. The van der Waals surface area contributed by atoms with Gasteiger partial charge in [-0.2, -0.15) is 0 Å². The van der Waals surface area contributed by atoms with Crippen LogP contribution in [-0.4, -0.2) is 66.8 Å². The van der Waals surface area contributed by atoms with Gasteiger partial charge in [0.1, 0.15) is 11.9 Å². The number of unbranched alkanes of at least 4 members (excludes halogenated alkanes) is 1. The first-order valence-electron chi connectivity index (χ1n) is 10.7. The lowest BCUT2D eigenvalue weighted by Gasteiger charge is -2.34. The molecule has 1 N–H and O–H groups in total. The van der Waals surface area contributed by atoms with Crippen molar-refractivity contribution in [1.29, 1.82) is 0 Å². The highest BCUT2D eigenvalue weighted by Gasteiger charge is 2.18. The molecule has 1 aliphatic rings. The minimum absolute atomic E-state index is 0.206. The molecule has 0 saturated carbocycles. The zero-order chi connectivity index (χ0) is 21.2. The van der Waals surface area contributed by atoms with Crippen molar-refractivity contribution in [3.05, 3.63) is 71.5 Å². The molecule has 3 rings (SSSR count). The Kier molecular flexibility index (Phi) is 8.81. The summed E-state index contributed by atoms with van der Waals surface area (Å²) in [5.74, 6) is -0.958. The third-order valence-corrected chi connectivity index (χ3v) is 5.55. The van der Waals surface area contributed by atoms with E-state index in [4.69, 9.17) is 9.84 Å². The number of rotatable bonds is 11. The predicted octanol–water partition coefficient (Wildman–Crippen LogP) is 3.80. The van der Waals surface area contributed by atoms with Gasteiger partial charge in [-0.25, -0.2) is 4.39 Å². The Bertz CT molecular complexity index is 762. The summed E-state index contributed by atoms with van der Waals surface area (Å²) in [7, 11) is 0. The molecule has 1 heterocycles. The minimum atomic E-state index is -0.714. The van der Waals surface area contributed by atoms with Crippen LogP contribution in [0.25, 0.3) is 0 Å². The Hall–Kier alpha value is -2.28. The molecule has 0 aromatic heterocycles. The van der Waals surface area contributed by atoms with E-state index in [1.165, 1.54) is 12.1 Å². The van der Waals surface area contributed by atoms with Crippen LogP contribution in [0.1, 0.15) is 36.5 Å². The summed E-state index contributed by atoms with van der Waals surface area (Å²) in [5, 5.41) is 8.72. The summed E-state index contributed by atoms with van der Waals surface area (Å²) < 4.78 is 19.6. The summed E-state index contributed by atoms with van der Waals surface area (Å²) in [6.07, 6.45) is 1.73. The number of piperazine rings is 1. The standard InChI is InChI=1S/C24H31FN2O3/c25-22-11-9-21(10-12-22)24(20-6-2-1-3-7-20)30-19-18-27-16-14-26(15-17-27)13-5-4-8-23(28)29/h1-3,6-7,9-12,24H,4-5,8,13-19H2,(H,28,29). The third kappa shape index (κ3) is 7.20. The molecule has 0 radical (unpaired) electrons. The summed E-state index contributed by atoms with van der Waals surface area (Å²) in [6.45, 7) is 6.44. The molecule has 1 unspecified atom stereocenters. The van der Waals surface area contributed by atoms with Crippen LogP contribution < -0.4 is 0 Å². The maximum absolute atomic E-state index is 13.3. The molecule has 0 spiro atoms. The fourth-order valence-electron chi connectivity index (χ4n) is 3.80. The van der Waals surface area contributed by atoms with Crippen molar-refractivity contribution in [1.82, 2.24) is 9.80 Å². The van der Waals surface area contributed by atoms with Crippen molar-refractivity contribution in [2.45, 2.75) is 25.4 Å². The summed E-state index contributed by atoms with van der Waals surface area (Å²) in [5.41, 5.74) is 2.02. The Morgan fingerprint density at radius 2 is 1.50 bits per heavy atom. The number of carboxylic acid groups (broad SMARTS) is 1. The van der Waals surface area contributed by atoms with Gasteiger partial charge in [-0.05, 0) is 42.6 Å². The highest BCUT2D eigenvalue weighted by atomic mass is 19.1. The van der Waals surface area contributed by atoms with Gasteiger partial charge in [-0.3, -0.25) is 9.69 Å². The summed E-state index contributed by atoms with van der Waals surface area (Å²) in [4.78, 5) is 15.4. The molecule has 2 aromatic rings. The number of carbonyl (C=O) groups is 1. The highest BCUT2D eigenvalue weighted by Crippen LogP contribution is 2.26. The van der Waals surface area contributed by atoms with Crippen molar-refractivity contribution in [2.75, 3.05) is 45.9 Å². The quantitative estimate of drug-likeness (QED) is 0.567. The van der Waals surface area contributed by atoms with Crippen LogP contribution in [0, 0.1) is 5.82 Å². The van der Waals surface area contributed by atoms with Crippen LogP contribution >= 0.6 is 0 Å². The van der Waals surface area contributed by atoms with Crippen molar-refractivity contribution in [2.24, 2.45) is 0 Å². The lowest BCUT2D eigenvalue weighted by Crippen LogP contribution is -2.47. The van der Waals surface area contributed by atoms with Crippen LogP contribution in [0.15, 0.2) is 54.6 Å². The minimum Gasteiger partial charge on any atom is -0.481 e. The van der Waals surface area contributed by atoms with Crippen molar-refractivity contribution in [3.63, 3.8) is 0 Å². The van der Waals surface area contributed by atoms with E-state index in [1.54, 1.807) is 12.1 Å². The largest absolute Gasteiger partial charge is 0.481 e. The number of nitrogens with zero attached hydrogens (tertiary/aromatic N) is 2. The molecule has 30 heavy (non-hydrogen) atoms. The smallest absolute Gasteiger partial charge is 0.303 e. The van der Waals surface area contributed by atoms with Gasteiger partial charge in [0.05, 0.1) is 6.61 Å². The summed E-state index contributed by atoms with van der Waals surface area (Å²) in [6, 6.07) is 16.6. The van der Waals surface area contributed by atoms with Gasteiger partial charge in [0, 0.05) is 39.1 Å². The van der Waals surface area contributed by atoms with Crippen molar-refractivity contribution < 1.29 is 19.0 Å². The van der Waals surface area contributed by atoms with E-state index in [1.807, 2.05) is 30.3 Å². The Balaban J connectivity index is 1.43. The van der Waals surface area contributed by atoms with Crippen LogP contribution in [0.3, 0.4) is 0 Å². The van der Waals surface area contributed by atoms with Gasteiger partial charge in [0.15, 0.2) is 0 Å². The van der Waals surface area contributed by atoms with Gasteiger partial charge < -0.3 is 14.7 Å². The normalized spacial score (nSPS) is 16.4. The number of benzene rings is 2. The maximum atomic E-state index is 13.3. The van der Waals surface area contributed by atoms with Crippen LogP contribution in [-0.2, 0) is 9.53 Å². The van der Waals surface area contributed by atoms with E-state index < -0.39 is 5.97 Å². The lowest BCUT2D eigenvalue weighted by atomic mass is 10.0. The van der Waals surface area contributed by atoms with Crippen LogP contribution in [0.4, 0.5) is 4.39 Å². The molecule has 162 valence electrons. The second kappa shape index (κ2) is 11.8. The van der Waals surface area contributed by atoms with E-state index in [2.05, 4.69) is 9.80 Å². The van der Waals surface area contributed by atoms with Gasteiger partial charge in [-0.15, -0.1) is 0 Å². The second-order valence-corrected chi connectivity index (χ2v) is 7.75. The first kappa shape index (κ1) is 22.4. The molecule has 1 fully saturated rings. The van der Waals surface area contributed by atoms with Gasteiger partial charge in [0.2, 0.25) is 0 Å². The highest BCUT2D eigenvalue weighted by molar-refractivity contribution is 5.66. The first-order valence-corrected chi connectivity index (χ1v) is 10.7. The van der Waals surface area contributed by atoms with Crippen LogP contribution in [0.5, 0.6) is 0 Å². The number of ether oxygens (including phenoxy) is 1. The average molecular weight is 415 g/mol. The van der Waals surface area contributed by atoms with Gasteiger partial charge in [-0.1, -0.05) is 42.5 Å². The van der Waals surface area contributed by atoms with E-state index >= 15 is 0 Å². The number of hydrogen-bond donors (Lipinski definition) is 1. The Morgan fingerprint density at radius 3 is 2.13 bits per heavy atom. The maximum Gasteiger partial charge on any atom is 0.303 e. The molecular weight excluding hydrogens is 383 g/mol.